The van der Waals surface area contributed by atoms with E-state index in [1.54, 1.807) is 6.20 Å². The van der Waals surface area contributed by atoms with Gasteiger partial charge in [-0.15, -0.1) is 0 Å². The van der Waals surface area contributed by atoms with Crippen LogP contribution in [0.25, 0.3) is 22.0 Å². The molecule has 1 saturated heterocycles. The lowest BCUT2D eigenvalue weighted by molar-refractivity contribution is -0.120. The highest BCUT2D eigenvalue weighted by Crippen LogP contribution is 2.28. The Balaban J connectivity index is 1.52. The zero-order valence-corrected chi connectivity index (χ0v) is 16.3. The maximum absolute atomic E-state index is 12.3. The minimum Gasteiger partial charge on any atom is -0.331 e. The maximum Gasteiger partial charge on any atom is 0.239 e. The van der Waals surface area contributed by atoms with Gasteiger partial charge in [0.05, 0.1) is 18.4 Å². The molecule has 0 aliphatic carbocycles. The molecule has 0 radical (unpaired) electrons. The number of fused-ring (bicyclic) bond motifs is 1. The van der Waals surface area contributed by atoms with E-state index in [0.717, 1.165) is 40.9 Å². The van der Waals surface area contributed by atoms with Crippen LogP contribution in [0.4, 0.5) is 5.82 Å². The van der Waals surface area contributed by atoms with Crippen molar-refractivity contribution in [2.75, 3.05) is 25.0 Å². The number of pyridine rings is 1. The maximum atomic E-state index is 12.3. The number of carbonyl (C=O) groups is 1. The molecule has 0 spiro atoms. The lowest BCUT2D eigenvalue weighted by atomic mass is 9.84. The van der Waals surface area contributed by atoms with E-state index < -0.39 is 0 Å². The van der Waals surface area contributed by atoms with Crippen LogP contribution in [0.3, 0.4) is 0 Å². The predicted octanol–water partition coefficient (Wildman–Crippen LogP) is 3.22. The average molecular weight is 363 g/mol. The summed E-state index contributed by atoms with van der Waals surface area (Å²) < 4.78 is 2.07. The number of rotatable bonds is 4. The van der Waals surface area contributed by atoms with E-state index in [9.17, 15) is 4.79 Å². The van der Waals surface area contributed by atoms with Gasteiger partial charge in [-0.2, -0.15) is 0 Å². The molecule has 2 aromatic heterocycles. The first-order valence-corrected chi connectivity index (χ1v) is 9.21. The smallest absolute Gasteiger partial charge is 0.239 e. The molecule has 0 unspecified atom stereocenters. The summed E-state index contributed by atoms with van der Waals surface area (Å²) in [4.78, 5) is 23.2. The molecule has 6 nitrogen and oxygen atoms in total. The van der Waals surface area contributed by atoms with Gasteiger partial charge in [0.25, 0.3) is 0 Å². The zero-order valence-electron chi connectivity index (χ0n) is 16.3. The molecule has 0 saturated carbocycles. The summed E-state index contributed by atoms with van der Waals surface area (Å²) in [6.07, 6.45) is 3.69. The monoisotopic (exact) mass is 363 g/mol. The van der Waals surface area contributed by atoms with Gasteiger partial charge < -0.3 is 9.88 Å². The van der Waals surface area contributed by atoms with Crippen LogP contribution in [-0.2, 0) is 11.8 Å². The summed E-state index contributed by atoms with van der Waals surface area (Å²) in [5.74, 6) is 1.54. The number of nitrogens with one attached hydrogen (secondary N) is 1. The fourth-order valence-electron chi connectivity index (χ4n) is 3.80. The van der Waals surface area contributed by atoms with Gasteiger partial charge in [0.1, 0.15) is 11.6 Å². The van der Waals surface area contributed by atoms with Crippen LogP contribution >= 0.6 is 0 Å². The summed E-state index contributed by atoms with van der Waals surface area (Å²) in [6, 6.07) is 8.17. The lowest BCUT2D eigenvalue weighted by Crippen LogP contribution is -2.54. The van der Waals surface area contributed by atoms with Crippen molar-refractivity contribution in [1.29, 1.82) is 0 Å². The minimum absolute atomic E-state index is 0.0178. The Morgan fingerprint density at radius 3 is 2.59 bits per heavy atom. The van der Waals surface area contributed by atoms with Gasteiger partial charge in [-0.1, -0.05) is 26.0 Å². The second kappa shape index (κ2) is 6.46. The van der Waals surface area contributed by atoms with Crippen LogP contribution in [0.2, 0.25) is 0 Å². The number of aryl methyl sites for hydroxylation is 1. The van der Waals surface area contributed by atoms with Gasteiger partial charge in [0.15, 0.2) is 0 Å². The topological polar surface area (TPSA) is 63.1 Å². The number of carbonyl (C=O) groups excluding carboxylic acids is 1. The Bertz CT molecular complexity index is 1010. The summed E-state index contributed by atoms with van der Waals surface area (Å²) in [6.45, 7) is 8.75. The number of hydrogen-bond donors (Lipinski definition) is 1. The first kappa shape index (κ1) is 17.7. The largest absolute Gasteiger partial charge is 0.331 e. The van der Waals surface area contributed by atoms with Crippen molar-refractivity contribution in [1.82, 2.24) is 19.4 Å². The Hall–Kier alpha value is -2.73. The number of hydrogen-bond acceptors (Lipinski definition) is 4. The molecule has 1 fully saturated rings. The van der Waals surface area contributed by atoms with E-state index in [4.69, 9.17) is 0 Å². The van der Waals surface area contributed by atoms with Crippen LogP contribution in [0.5, 0.6) is 0 Å². The molecule has 4 rings (SSSR count). The molecule has 1 aliphatic heterocycles. The first-order valence-electron chi connectivity index (χ1n) is 9.21. The SMILES string of the molecule is Cc1ncc(-c2ccc3cnc(NC(=O)CN4CC(C)(C)C4)cc3c2)n1C. The molecule has 140 valence electrons. The standard InChI is InChI=1S/C21H25N5O/c1-14-22-10-18(25(14)4)15-5-6-16-9-23-19(8-17(16)7-15)24-20(27)11-26-12-21(2,3)13-26/h5-10H,11-13H2,1-4H3,(H,23,24,27). The molecule has 1 amide bonds. The second-order valence-corrected chi connectivity index (χ2v) is 8.24. The highest BCUT2D eigenvalue weighted by atomic mass is 16.2. The van der Waals surface area contributed by atoms with Crippen molar-refractivity contribution in [2.45, 2.75) is 20.8 Å². The van der Waals surface area contributed by atoms with E-state index >= 15 is 0 Å². The number of anilines is 1. The third-order valence-corrected chi connectivity index (χ3v) is 5.18. The van der Waals surface area contributed by atoms with Crippen LogP contribution in [-0.4, -0.2) is 45.0 Å². The Kier molecular flexibility index (Phi) is 4.23. The van der Waals surface area contributed by atoms with Gasteiger partial charge >= 0.3 is 0 Å². The zero-order chi connectivity index (χ0) is 19.2. The molecular weight excluding hydrogens is 338 g/mol. The van der Waals surface area contributed by atoms with Crippen LogP contribution in [0.1, 0.15) is 19.7 Å². The predicted molar refractivity (Wildman–Crippen MR) is 108 cm³/mol. The molecule has 3 aromatic rings. The quantitative estimate of drug-likeness (QED) is 0.773. The van der Waals surface area contributed by atoms with Gasteiger partial charge in [-0.25, -0.2) is 9.97 Å². The molecule has 27 heavy (non-hydrogen) atoms. The Morgan fingerprint density at radius 1 is 1.15 bits per heavy atom. The number of imidazole rings is 1. The lowest BCUT2D eigenvalue weighted by Gasteiger charge is -2.45. The molecular formula is C21H25N5O. The molecule has 1 N–H and O–H groups in total. The van der Waals surface area contributed by atoms with Crippen LogP contribution in [0.15, 0.2) is 36.7 Å². The van der Waals surface area contributed by atoms with Crippen molar-refractivity contribution in [2.24, 2.45) is 12.5 Å². The van der Waals surface area contributed by atoms with Gasteiger partial charge in [-0.05, 0) is 29.9 Å². The van der Waals surface area contributed by atoms with Crippen molar-refractivity contribution < 1.29 is 4.79 Å². The molecule has 1 aliphatic rings. The van der Waals surface area contributed by atoms with Gasteiger partial charge in [0.2, 0.25) is 5.91 Å². The summed E-state index contributed by atoms with van der Waals surface area (Å²) >= 11 is 0. The van der Waals surface area contributed by atoms with Crippen LogP contribution < -0.4 is 5.32 Å². The minimum atomic E-state index is -0.0178. The fourth-order valence-corrected chi connectivity index (χ4v) is 3.80. The Labute approximate surface area is 159 Å². The van der Waals surface area contributed by atoms with E-state index in [1.807, 2.05) is 32.3 Å². The highest BCUT2D eigenvalue weighted by Gasteiger charge is 2.34. The first-order chi connectivity index (χ1) is 12.8. The third-order valence-electron chi connectivity index (χ3n) is 5.18. The van der Waals surface area contributed by atoms with E-state index in [-0.39, 0.29) is 5.91 Å². The normalized spacial score (nSPS) is 16.3. The van der Waals surface area contributed by atoms with Gasteiger partial charge in [-0.3, -0.25) is 9.69 Å². The molecule has 3 heterocycles. The molecule has 1 aromatic carbocycles. The van der Waals surface area contributed by atoms with Crippen molar-refractivity contribution >= 4 is 22.5 Å². The second-order valence-electron chi connectivity index (χ2n) is 8.24. The van der Waals surface area contributed by atoms with E-state index in [2.05, 4.69) is 50.7 Å². The summed E-state index contributed by atoms with van der Waals surface area (Å²) in [5.41, 5.74) is 2.48. The molecule has 6 heteroatoms. The van der Waals surface area contributed by atoms with Crippen LogP contribution in [0, 0.1) is 12.3 Å². The van der Waals surface area contributed by atoms with E-state index in [0.29, 0.717) is 17.8 Å². The summed E-state index contributed by atoms with van der Waals surface area (Å²) in [7, 11) is 2.01. The van der Waals surface area contributed by atoms with E-state index in [1.165, 1.54) is 0 Å². The fraction of sp³-hybridized carbons (Fsp3) is 0.381. The van der Waals surface area contributed by atoms with Crippen molar-refractivity contribution in [3.05, 3.63) is 42.5 Å². The van der Waals surface area contributed by atoms with Crippen molar-refractivity contribution in [3.8, 4) is 11.3 Å². The number of likely N-dealkylation sites (tertiary alicyclic amines) is 1. The summed E-state index contributed by atoms with van der Waals surface area (Å²) in [5, 5.41) is 5.01. The number of aromatic nitrogens is 3. The number of nitrogens with zero attached hydrogens (tertiary/aromatic N) is 4. The average Bonchev–Trinajstić information content (AvgIpc) is 2.92. The van der Waals surface area contributed by atoms with Gasteiger partial charge in [0, 0.05) is 37.3 Å². The molecule has 0 atom stereocenters. The number of amides is 1. The Morgan fingerprint density at radius 2 is 1.93 bits per heavy atom. The number of benzene rings is 1. The van der Waals surface area contributed by atoms with Crippen molar-refractivity contribution in [3.63, 3.8) is 0 Å². The highest BCUT2D eigenvalue weighted by molar-refractivity contribution is 5.94. The third kappa shape index (κ3) is 3.57. The molecule has 0 bridgehead atoms.